The molecule has 22 heavy (non-hydrogen) atoms. The predicted octanol–water partition coefficient (Wildman–Crippen LogP) is -0.716. The first-order chi connectivity index (χ1) is 10.3. The highest BCUT2D eigenvalue weighted by atomic mass is 32.2. The second-order valence-electron chi connectivity index (χ2n) is 5.88. The van der Waals surface area contributed by atoms with E-state index in [1.165, 1.54) is 17.5 Å². The molecule has 2 aliphatic heterocycles. The third kappa shape index (κ3) is 4.33. The SMILES string of the molecule is CC(=O)N1CCN(C(=O)NC2CCN(S(C)(=O)=O)CC2)CC1. The molecule has 2 fully saturated rings. The van der Waals surface area contributed by atoms with Gasteiger partial charge in [-0.2, -0.15) is 0 Å². The summed E-state index contributed by atoms with van der Waals surface area (Å²) in [5.41, 5.74) is 0. The van der Waals surface area contributed by atoms with Gasteiger partial charge in [-0.15, -0.1) is 0 Å². The molecule has 1 N–H and O–H groups in total. The van der Waals surface area contributed by atoms with Crippen LogP contribution >= 0.6 is 0 Å². The summed E-state index contributed by atoms with van der Waals surface area (Å²) in [5.74, 6) is 0.0354. The Morgan fingerprint density at radius 1 is 0.955 bits per heavy atom. The van der Waals surface area contributed by atoms with Crippen molar-refractivity contribution in [2.45, 2.75) is 25.8 Å². The maximum Gasteiger partial charge on any atom is 0.317 e. The van der Waals surface area contributed by atoms with Gasteiger partial charge in [0, 0.05) is 52.2 Å². The standard InChI is InChI=1S/C13H24N4O4S/c1-11(18)15-7-9-16(10-8-15)13(19)14-12-3-5-17(6-4-12)22(2,20)21/h12H,3-10H2,1-2H3,(H,14,19). The lowest BCUT2D eigenvalue weighted by Gasteiger charge is -2.36. The zero-order valence-electron chi connectivity index (χ0n) is 13.1. The van der Waals surface area contributed by atoms with Crippen LogP contribution in [0.5, 0.6) is 0 Å². The van der Waals surface area contributed by atoms with Gasteiger partial charge in [0.1, 0.15) is 0 Å². The lowest BCUT2D eigenvalue weighted by Crippen LogP contribution is -2.55. The first-order valence-corrected chi connectivity index (χ1v) is 9.38. The van der Waals surface area contributed by atoms with E-state index in [1.54, 1.807) is 9.80 Å². The van der Waals surface area contributed by atoms with Crippen LogP contribution in [0.2, 0.25) is 0 Å². The Balaban J connectivity index is 1.76. The highest BCUT2D eigenvalue weighted by molar-refractivity contribution is 7.88. The number of amides is 3. The maximum atomic E-state index is 12.2. The summed E-state index contributed by atoms with van der Waals surface area (Å²) in [4.78, 5) is 26.9. The zero-order chi connectivity index (χ0) is 16.3. The second kappa shape index (κ2) is 6.82. The molecule has 0 aromatic rings. The monoisotopic (exact) mass is 332 g/mol. The third-order valence-electron chi connectivity index (χ3n) is 4.26. The van der Waals surface area contributed by atoms with Crippen molar-refractivity contribution in [3.05, 3.63) is 0 Å². The summed E-state index contributed by atoms with van der Waals surface area (Å²) in [6, 6.07) is -0.114. The van der Waals surface area contributed by atoms with Crippen molar-refractivity contribution in [2.75, 3.05) is 45.5 Å². The molecule has 126 valence electrons. The Kier molecular flexibility index (Phi) is 5.28. The molecule has 0 aromatic carbocycles. The van der Waals surface area contributed by atoms with E-state index in [9.17, 15) is 18.0 Å². The lowest BCUT2D eigenvalue weighted by atomic mass is 10.1. The molecule has 0 saturated carbocycles. The van der Waals surface area contributed by atoms with Crippen molar-refractivity contribution < 1.29 is 18.0 Å². The fourth-order valence-corrected chi connectivity index (χ4v) is 3.70. The molecule has 0 bridgehead atoms. The number of piperazine rings is 1. The number of carbonyl (C=O) groups is 2. The van der Waals surface area contributed by atoms with Crippen LogP contribution in [0.3, 0.4) is 0 Å². The molecular weight excluding hydrogens is 308 g/mol. The average Bonchev–Trinajstić information content (AvgIpc) is 2.47. The summed E-state index contributed by atoms with van der Waals surface area (Å²) in [6.07, 6.45) is 2.47. The van der Waals surface area contributed by atoms with E-state index < -0.39 is 10.0 Å². The topological polar surface area (TPSA) is 90.0 Å². The summed E-state index contributed by atoms with van der Waals surface area (Å²) in [7, 11) is -3.14. The van der Waals surface area contributed by atoms with E-state index in [0.717, 1.165) is 0 Å². The molecule has 0 unspecified atom stereocenters. The van der Waals surface area contributed by atoms with Gasteiger partial charge in [0.25, 0.3) is 0 Å². The number of carbonyl (C=O) groups excluding carboxylic acids is 2. The van der Waals surface area contributed by atoms with Gasteiger partial charge >= 0.3 is 6.03 Å². The minimum Gasteiger partial charge on any atom is -0.339 e. The molecule has 0 atom stereocenters. The van der Waals surface area contributed by atoms with E-state index in [1.807, 2.05) is 0 Å². The zero-order valence-corrected chi connectivity index (χ0v) is 13.9. The number of nitrogens with zero attached hydrogens (tertiary/aromatic N) is 3. The summed E-state index contributed by atoms with van der Waals surface area (Å²) >= 11 is 0. The summed E-state index contributed by atoms with van der Waals surface area (Å²) in [6.45, 7) is 4.63. The van der Waals surface area contributed by atoms with Crippen molar-refractivity contribution in [1.82, 2.24) is 19.4 Å². The predicted molar refractivity (Wildman–Crippen MR) is 81.8 cm³/mol. The smallest absolute Gasteiger partial charge is 0.317 e. The number of sulfonamides is 1. The van der Waals surface area contributed by atoms with Crippen LogP contribution in [0.25, 0.3) is 0 Å². The molecule has 3 amide bonds. The first-order valence-electron chi connectivity index (χ1n) is 7.53. The van der Waals surface area contributed by atoms with Crippen molar-refractivity contribution in [2.24, 2.45) is 0 Å². The van der Waals surface area contributed by atoms with Crippen molar-refractivity contribution in [3.8, 4) is 0 Å². The number of hydrogen-bond acceptors (Lipinski definition) is 4. The Labute approximate surface area is 131 Å². The quantitative estimate of drug-likeness (QED) is 0.723. The number of piperidine rings is 1. The third-order valence-corrected chi connectivity index (χ3v) is 5.57. The fraction of sp³-hybridized carbons (Fsp3) is 0.846. The number of urea groups is 1. The molecule has 8 nitrogen and oxygen atoms in total. The van der Waals surface area contributed by atoms with Gasteiger partial charge in [-0.05, 0) is 12.8 Å². The molecule has 0 spiro atoms. The Bertz CT molecular complexity index is 520. The second-order valence-corrected chi connectivity index (χ2v) is 7.86. The average molecular weight is 332 g/mol. The minimum atomic E-state index is -3.14. The van der Waals surface area contributed by atoms with E-state index in [2.05, 4.69) is 5.32 Å². The first kappa shape index (κ1) is 17.0. The minimum absolute atomic E-state index is 0.0105. The lowest BCUT2D eigenvalue weighted by molar-refractivity contribution is -0.130. The van der Waals surface area contributed by atoms with Gasteiger partial charge in [0.15, 0.2) is 0 Å². The van der Waals surface area contributed by atoms with Crippen LogP contribution < -0.4 is 5.32 Å². The fourth-order valence-electron chi connectivity index (χ4n) is 2.82. The molecule has 2 saturated heterocycles. The van der Waals surface area contributed by atoms with Gasteiger partial charge in [-0.1, -0.05) is 0 Å². The molecule has 9 heteroatoms. The van der Waals surface area contributed by atoms with Crippen LogP contribution in [-0.4, -0.2) is 86.0 Å². The number of hydrogen-bond donors (Lipinski definition) is 1. The summed E-state index contributed by atoms with van der Waals surface area (Å²) in [5, 5.41) is 2.97. The molecule has 2 heterocycles. The normalized spacial score (nSPS) is 21.7. The van der Waals surface area contributed by atoms with Gasteiger partial charge < -0.3 is 15.1 Å². The maximum absolute atomic E-state index is 12.2. The highest BCUT2D eigenvalue weighted by Crippen LogP contribution is 2.14. The molecular formula is C13H24N4O4S. The molecule has 0 radical (unpaired) electrons. The van der Waals surface area contributed by atoms with E-state index in [-0.39, 0.29) is 18.0 Å². The van der Waals surface area contributed by atoms with Crippen LogP contribution in [0.15, 0.2) is 0 Å². The van der Waals surface area contributed by atoms with Crippen molar-refractivity contribution in [3.63, 3.8) is 0 Å². The van der Waals surface area contributed by atoms with E-state index in [0.29, 0.717) is 52.1 Å². The Morgan fingerprint density at radius 3 is 1.91 bits per heavy atom. The van der Waals surface area contributed by atoms with Crippen LogP contribution in [0, 0.1) is 0 Å². The van der Waals surface area contributed by atoms with Gasteiger partial charge in [0.2, 0.25) is 15.9 Å². The number of nitrogens with one attached hydrogen (secondary N) is 1. The van der Waals surface area contributed by atoms with Crippen LogP contribution in [-0.2, 0) is 14.8 Å². The Hall–Kier alpha value is -1.35. The Morgan fingerprint density at radius 2 is 1.45 bits per heavy atom. The van der Waals surface area contributed by atoms with Gasteiger partial charge in [-0.3, -0.25) is 4.79 Å². The highest BCUT2D eigenvalue weighted by Gasteiger charge is 2.28. The van der Waals surface area contributed by atoms with E-state index >= 15 is 0 Å². The van der Waals surface area contributed by atoms with E-state index in [4.69, 9.17) is 0 Å². The van der Waals surface area contributed by atoms with Gasteiger partial charge in [-0.25, -0.2) is 17.5 Å². The number of rotatable bonds is 2. The van der Waals surface area contributed by atoms with Crippen molar-refractivity contribution >= 4 is 22.0 Å². The van der Waals surface area contributed by atoms with Crippen LogP contribution in [0.1, 0.15) is 19.8 Å². The van der Waals surface area contributed by atoms with Crippen molar-refractivity contribution in [1.29, 1.82) is 0 Å². The molecule has 0 aromatic heterocycles. The largest absolute Gasteiger partial charge is 0.339 e. The molecule has 2 rings (SSSR count). The molecule has 0 aliphatic carbocycles. The van der Waals surface area contributed by atoms with Crippen LogP contribution in [0.4, 0.5) is 4.79 Å². The van der Waals surface area contributed by atoms with Gasteiger partial charge in [0.05, 0.1) is 6.26 Å². The summed E-state index contributed by atoms with van der Waals surface area (Å²) < 4.78 is 24.3. The molecule has 2 aliphatic rings.